The molecular weight excluding hydrogens is 258 g/mol. The van der Waals surface area contributed by atoms with Gasteiger partial charge in [0.2, 0.25) is 0 Å². The molecule has 0 saturated heterocycles. The van der Waals surface area contributed by atoms with Crippen LogP contribution in [-0.4, -0.2) is 26.5 Å². The van der Waals surface area contributed by atoms with Crippen LogP contribution in [0, 0.1) is 0 Å². The van der Waals surface area contributed by atoms with Crippen LogP contribution in [0.2, 0.25) is 5.02 Å². The minimum atomic E-state index is -0.338. The van der Waals surface area contributed by atoms with Crippen LogP contribution in [0.5, 0.6) is 0 Å². The second-order valence-electron chi connectivity index (χ2n) is 3.34. The third-order valence-electron chi connectivity index (χ3n) is 2.18. The number of carbonyl (C=O) groups is 1. The van der Waals surface area contributed by atoms with Gasteiger partial charge in [0, 0.05) is 5.02 Å². The zero-order chi connectivity index (χ0) is 13.0. The van der Waals surface area contributed by atoms with Gasteiger partial charge in [-0.25, -0.2) is 0 Å². The lowest BCUT2D eigenvalue weighted by Gasteiger charge is -2.08. The van der Waals surface area contributed by atoms with E-state index in [1.54, 1.807) is 12.1 Å². The zero-order valence-corrected chi connectivity index (χ0v) is 9.90. The quantitative estimate of drug-likeness (QED) is 0.459. The van der Waals surface area contributed by atoms with E-state index < -0.39 is 0 Å². The number of aromatic amines is 1. The second kappa shape index (κ2) is 5.43. The summed E-state index contributed by atoms with van der Waals surface area (Å²) in [6.45, 7) is 0.159. The molecule has 0 unspecified atom stereocenters. The molecule has 94 valence electrons. The smallest absolute Gasteiger partial charge is 0.253 e. The van der Waals surface area contributed by atoms with Gasteiger partial charge in [-0.1, -0.05) is 16.8 Å². The maximum Gasteiger partial charge on any atom is 0.253 e. The molecule has 0 aliphatic carbocycles. The van der Waals surface area contributed by atoms with Gasteiger partial charge in [-0.2, -0.15) is 5.21 Å². The van der Waals surface area contributed by atoms with Crippen LogP contribution in [0.4, 0.5) is 5.69 Å². The highest BCUT2D eigenvalue weighted by Gasteiger charge is 2.12. The Labute approximate surface area is 107 Å². The molecule has 8 nitrogen and oxygen atoms in total. The van der Waals surface area contributed by atoms with Gasteiger partial charge in [0.25, 0.3) is 5.91 Å². The fraction of sp³-hybridized carbons (Fsp3) is 0.111. The van der Waals surface area contributed by atoms with Crippen molar-refractivity contribution in [3.05, 3.63) is 34.6 Å². The Bertz CT molecular complexity index is 542. The van der Waals surface area contributed by atoms with Crippen LogP contribution >= 0.6 is 11.6 Å². The minimum Gasteiger partial charge on any atom is -0.345 e. The lowest BCUT2D eigenvalue weighted by atomic mass is 10.1. The zero-order valence-electron chi connectivity index (χ0n) is 9.14. The average molecular weight is 268 g/mol. The monoisotopic (exact) mass is 267 g/mol. The molecule has 0 atom stereocenters. The standard InChI is InChI=1S/C9H10ClN7O/c10-5-1-2-7(13-11)6(3-5)9(18)12-4-8-14-16-17-15-8/h1-3,13H,4,11H2,(H,12,18)(H,14,15,16,17). The largest absolute Gasteiger partial charge is 0.345 e. The Morgan fingerprint density at radius 3 is 3.00 bits per heavy atom. The summed E-state index contributed by atoms with van der Waals surface area (Å²) in [4.78, 5) is 11.9. The number of amides is 1. The first-order valence-electron chi connectivity index (χ1n) is 4.97. The Balaban J connectivity index is 2.10. The number of nitrogen functional groups attached to an aromatic ring is 1. The van der Waals surface area contributed by atoms with Crippen molar-refractivity contribution < 1.29 is 4.79 Å². The molecule has 2 rings (SSSR count). The van der Waals surface area contributed by atoms with E-state index in [9.17, 15) is 4.79 Å². The van der Waals surface area contributed by atoms with Gasteiger partial charge in [-0.15, -0.1) is 10.2 Å². The molecule has 0 bridgehead atoms. The molecule has 0 fully saturated rings. The molecule has 0 aliphatic heterocycles. The van der Waals surface area contributed by atoms with Crippen molar-refractivity contribution in [3.63, 3.8) is 0 Å². The molecule has 0 saturated carbocycles. The van der Waals surface area contributed by atoms with E-state index in [-0.39, 0.29) is 12.5 Å². The van der Waals surface area contributed by atoms with Gasteiger partial charge in [0.15, 0.2) is 5.82 Å². The van der Waals surface area contributed by atoms with Crippen LogP contribution in [0.1, 0.15) is 16.2 Å². The fourth-order valence-electron chi connectivity index (χ4n) is 1.34. The summed E-state index contributed by atoms with van der Waals surface area (Å²) in [7, 11) is 0. The number of rotatable bonds is 4. The maximum atomic E-state index is 11.9. The average Bonchev–Trinajstić information content (AvgIpc) is 2.89. The summed E-state index contributed by atoms with van der Waals surface area (Å²) in [5.41, 5.74) is 3.25. The number of hydrogen-bond donors (Lipinski definition) is 4. The minimum absolute atomic E-state index is 0.159. The molecule has 18 heavy (non-hydrogen) atoms. The molecule has 1 aromatic carbocycles. The number of hydrazine groups is 1. The van der Waals surface area contributed by atoms with E-state index in [1.165, 1.54) is 6.07 Å². The Hall–Kier alpha value is -2.19. The molecule has 1 amide bonds. The first-order chi connectivity index (χ1) is 8.70. The lowest BCUT2D eigenvalue weighted by Crippen LogP contribution is -2.25. The van der Waals surface area contributed by atoms with E-state index in [1.807, 2.05) is 0 Å². The molecule has 0 aliphatic rings. The number of anilines is 1. The Morgan fingerprint density at radius 2 is 2.33 bits per heavy atom. The van der Waals surface area contributed by atoms with E-state index in [4.69, 9.17) is 17.4 Å². The molecule has 1 heterocycles. The molecule has 0 spiro atoms. The van der Waals surface area contributed by atoms with Crippen LogP contribution in [-0.2, 0) is 6.54 Å². The number of nitrogens with one attached hydrogen (secondary N) is 3. The fourth-order valence-corrected chi connectivity index (χ4v) is 1.51. The predicted octanol–water partition coefficient (Wildman–Crippen LogP) is 0.0687. The summed E-state index contributed by atoms with van der Waals surface area (Å²) >= 11 is 5.83. The SMILES string of the molecule is NNc1ccc(Cl)cc1C(=O)NCc1nn[nH]n1. The predicted molar refractivity (Wildman–Crippen MR) is 64.6 cm³/mol. The highest BCUT2D eigenvalue weighted by atomic mass is 35.5. The van der Waals surface area contributed by atoms with Crippen LogP contribution in [0.3, 0.4) is 0 Å². The first-order valence-corrected chi connectivity index (χ1v) is 5.35. The number of H-pyrrole nitrogens is 1. The number of nitrogens with zero attached hydrogens (tertiary/aromatic N) is 3. The van der Waals surface area contributed by atoms with E-state index in [0.29, 0.717) is 22.1 Å². The molecular formula is C9H10ClN7O. The highest BCUT2D eigenvalue weighted by molar-refractivity contribution is 6.31. The second-order valence-corrected chi connectivity index (χ2v) is 3.78. The normalized spacial score (nSPS) is 10.1. The maximum absolute atomic E-state index is 11.9. The van der Waals surface area contributed by atoms with Crippen molar-refractivity contribution in [1.82, 2.24) is 25.9 Å². The van der Waals surface area contributed by atoms with Crippen molar-refractivity contribution in [2.75, 3.05) is 5.43 Å². The highest BCUT2D eigenvalue weighted by Crippen LogP contribution is 2.19. The van der Waals surface area contributed by atoms with Crippen molar-refractivity contribution >= 4 is 23.2 Å². The van der Waals surface area contributed by atoms with Gasteiger partial charge in [0.05, 0.1) is 17.8 Å². The van der Waals surface area contributed by atoms with Crippen molar-refractivity contribution in [2.24, 2.45) is 5.84 Å². The van der Waals surface area contributed by atoms with E-state index in [2.05, 4.69) is 31.4 Å². The van der Waals surface area contributed by atoms with Gasteiger partial charge in [-0.05, 0) is 18.2 Å². The van der Waals surface area contributed by atoms with E-state index >= 15 is 0 Å². The van der Waals surface area contributed by atoms with Crippen LogP contribution in [0.25, 0.3) is 0 Å². The van der Waals surface area contributed by atoms with Gasteiger partial charge >= 0.3 is 0 Å². The number of carbonyl (C=O) groups excluding carboxylic acids is 1. The summed E-state index contributed by atoms with van der Waals surface area (Å²) < 4.78 is 0. The molecule has 0 radical (unpaired) electrons. The van der Waals surface area contributed by atoms with E-state index in [0.717, 1.165) is 0 Å². The number of halogens is 1. The van der Waals surface area contributed by atoms with Gasteiger partial charge in [0.1, 0.15) is 0 Å². The first kappa shape index (κ1) is 12.3. The number of nitrogens with two attached hydrogens (primary N) is 1. The van der Waals surface area contributed by atoms with Crippen molar-refractivity contribution in [1.29, 1.82) is 0 Å². The summed E-state index contributed by atoms with van der Waals surface area (Å²) in [5.74, 6) is 5.36. The summed E-state index contributed by atoms with van der Waals surface area (Å²) in [5, 5.41) is 16.2. The molecule has 1 aromatic heterocycles. The third-order valence-corrected chi connectivity index (χ3v) is 2.41. The number of hydrogen-bond acceptors (Lipinski definition) is 6. The van der Waals surface area contributed by atoms with Gasteiger partial charge < -0.3 is 10.7 Å². The molecule has 9 heteroatoms. The summed E-state index contributed by atoms with van der Waals surface area (Å²) in [6, 6.07) is 4.76. The number of aromatic nitrogens is 4. The third kappa shape index (κ3) is 2.73. The molecule has 5 N–H and O–H groups in total. The lowest BCUT2D eigenvalue weighted by molar-refractivity contribution is 0.0950. The number of tetrazole rings is 1. The Kier molecular flexibility index (Phi) is 3.70. The molecule has 2 aromatic rings. The number of benzene rings is 1. The van der Waals surface area contributed by atoms with Crippen LogP contribution in [0.15, 0.2) is 18.2 Å². The van der Waals surface area contributed by atoms with Crippen molar-refractivity contribution in [3.8, 4) is 0 Å². The van der Waals surface area contributed by atoms with Crippen molar-refractivity contribution in [2.45, 2.75) is 6.54 Å². The topological polar surface area (TPSA) is 122 Å². The van der Waals surface area contributed by atoms with Gasteiger partial charge in [-0.3, -0.25) is 10.6 Å². The van der Waals surface area contributed by atoms with Crippen LogP contribution < -0.4 is 16.6 Å². The Morgan fingerprint density at radius 1 is 1.50 bits per heavy atom. The summed E-state index contributed by atoms with van der Waals surface area (Å²) in [6.07, 6.45) is 0.